The Balaban J connectivity index is 1.54. The monoisotopic (exact) mass is 330 g/mol. The van der Waals surface area contributed by atoms with Crippen LogP contribution in [0.4, 0.5) is 11.4 Å². The van der Waals surface area contributed by atoms with E-state index in [2.05, 4.69) is 52.9 Å². The van der Waals surface area contributed by atoms with Crippen LogP contribution >= 0.6 is 0 Å². The summed E-state index contributed by atoms with van der Waals surface area (Å²) in [6.45, 7) is 10.1. The molecule has 5 nitrogen and oxygen atoms in total. The third kappa shape index (κ3) is 4.01. The molecule has 0 aliphatic carbocycles. The van der Waals surface area contributed by atoms with Crippen LogP contribution in [0.3, 0.4) is 0 Å². The molecule has 2 aliphatic heterocycles. The number of anilines is 2. The lowest BCUT2D eigenvalue weighted by Crippen LogP contribution is -2.48. The van der Waals surface area contributed by atoms with E-state index in [1.54, 1.807) is 0 Å². The fraction of sp³-hybridized carbons (Fsp3) is 0.632. The van der Waals surface area contributed by atoms with Crippen molar-refractivity contribution >= 4 is 17.3 Å². The molecule has 0 N–H and O–H groups in total. The summed E-state index contributed by atoms with van der Waals surface area (Å²) in [6.07, 6.45) is 1.62. The van der Waals surface area contributed by atoms with Crippen LogP contribution in [0.15, 0.2) is 24.3 Å². The molecule has 1 amide bonds. The highest BCUT2D eigenvalue weighted by Gasteiger charge is 2.21. The van der Waals surface area contributed by atoms with Crippen LogP contribution in [0.25, 0.3) is 0 Å². The lowest BCUT2D eigenvalue weighted by atomic mass is 10.2. The van der Waals surface area contributed by atoms with Gasteiger partial charge in [-0.1, -0.05) is 6.92 Å². The van der Waals surface area contributed by atoms with Crippen LogP contribution < -0.4 is 9.80 Å². The first kappa shape index (κ1) is 17.1. The van der Waals surface area contributed by atoms with E-state index >= 15 is 0 Å². The summed E-state index contributed by atoms with van der Waals surface area (Å²) in [5.74, 6) is 0.308. The molecule has 0 atom stereocenters. The number of carbonyl (C=O) groups excluding carboxylic acids is 1. The summed E-state index contributed by atoms with van der Waals surface area (Å²) in [5.41, 5.74) is 2.60. The lowest BCUT2D eigenvalue weighted by molar-refractivity contribution is -0.131. The van der Waals surface area contributed by atoms with Crippen molar-refractivity contribution in [1.82, 2.24) is 9.80 Å². The number of amides is 1. The van der Waals surface area contributed by atoms with E-state index < -0.39 is 0 Å². The minimum atomic E-state index is 0.308. The summed E-state index contributed by atoms with van der Waals surface area (Å²) in [5, 5.41) is 0. The van der Waals surface area contributed by atoms with Crippen LogP contribution in [-0.2, 0) is 4.79 Å². The van der Waals surface area contributed by atoms with E-state index in [4.69, 9.17) is 0 Å². The average Bonchev–Trinajstić information content (AvgIpc) is 2.63. The third-order valence-electron chi connectivity index (χ3n) is 5.18. The maximum Gasteiger partial charge on any atom is 0.222 e. The van der Waals surface area contributed by atoms with Gasteiger partial charge in [0.1, 0.15) is 0 Å². The Kier molecular flexibility index (Phi) is 5.61. The Bertz CT molecular complexity index is 529. The van der Waals surface area contributed by atoms with Gasteiger partial charge in [-0.05, 0) is 37.7 Å². The van der Waals surface area contributed by atoms with Crippen LogP contribution in [0, 0.1) is 0 Å². The van der Waals surface area contributed by atoms with Gasteiger partial charge in [-0.2, -0.15) is 0 Å². The molecule has 24 heavy (non-hydrogen) atoms. The SMILES string of the molecule is CCCC(=O)N1CCN(c2ccc(N3CCN(C)CC3)cc2)CC1. The highest BCUT2D eigenvalue weighted by Crippen LogP contribution is 2.23. The number of rotatable bonds is 4. The van der Waals surface area contributed by atoms with Gasteiger partial charge in [-0.15, -0.1) is 0 Å². The Labute approximate surface area is 145 Å². The van der Waals surface area contributed by atoms with Gasteiger partial charge in [0.2, 0.25) is 5.91 Å². The zero-order valence-electron chi connectivity index (χ0n) is 15.1. The van der Waals surface area contributed by atoms with Gasteiger partial charge in [0.05, 0.1) is 0 Å². The largest absolute Gasteiger partial charge is 0.369 e. The summed E-state index contributed by atoms with van der Waals surface area (Å²) in [7, 11) is 2.19. The van der Waals surface area contributed by atoms with E-state index in [1.165, 1.54) is 11.4 Å². The molecule has 2 aliphatic rings. The molecule has 0 aromatic heterocycles. The summed E-state index contributed by atoms with van der Waals surface area (Å²) < 4.78 is 0. The molecule has 0 unspecified atom stereocenters. The molecule has 5 heteroatoms. The van der Waals surface area contributed by atoms with Crippen LogP contribution in [-0.4, -0.2) is 75.1 Å². The third-order valence-corrected chi connectivity index (χ3v) is 5.18. The number of piperazine rings is 2. The maximum absolute atomic E-state index is 12.0. The molecule has 1 aromatic rings. The van der Waals surface area contributed by atoms with Crippen molar-refractivity contribution in [2.24, 2.45) is 0 Å². The maximum atomic E-state index is 12.0. The minimum Gasteiger partial charge on any atom is -0.369 e. The van der Waals surface area contributed by atoms with Gasteiger partial charge >= 0.3 is 0 Å². The van der Waals surface area contributed by atoms with Crippen molar-refractivity contribution in [1.29, 1.82) is 0 Å². The fourth-order valence-corrected chi connectivity index (χ4v) is 3.52. The fourth-order valence-electron chi connectivity index (χ4n) is 3.52. The van der Waals surface area contributed by atoms with Crippen molar-refractivity contribution in [3.8, 4) is 0 Å². The van der Waals surface area contributed by atoms with Crippen molar-refractivity contribution in [2.45, 2.75) is 19.8 Å². The molecule has 0 spiro atoms. The molecule has 2 heterocycles. The quantitative estimate of drug-likeness (QED) is 0.843. The molecule has 2 saturated heterocycles. The van der Waals surface area contributed by atoms with Crippen LogP contribution in [0.1, 0.15) is 19.8 Å². The number of hydrogen-bond donors (Lipinski definition) is 0. The molecular weight excluding hydrogens is 300 g/mol. The van der Waals surface area contributed by atoms with Crippen molar-refractivity contribution in [3.05, 3.63) is 24.3 Å². The summed E-state index contributed by atoms with van der Waals surface area (Å²) in [6, 6.07) is 8.96. The molecule has 3 rings (SSSR count). The second-order valence-corrected chi connectivity index (χ2v) is 6.92. The average molecular weight is 330 g/mol. The van der Waals surface area contributed by atoms with E-state index in [0.717, 1.165) is 58.8 Å². The van der Waals surface area contributed by atoms with Gasteiger partial charge in [-0.3, -0.25) is 4.79 Å². The zero-order chi connectivity index (χ0) is 16.9. The second kappa shape index (κ2) is 7.88. The van der Waals surface area contributed by atoms with Gasteiger partial charge in [-0.25, -0.2) is 0 Å². The highest BCUT2D eigenvalue weighted by molar-refractivity contribution is 5.76. The number of carbonyl (C=O) groups is 1. The summed E-state index contributed by atoms with van der Waals surface area (Å²) >= 11 is 0. The van der Waals surface area contributed by atoms with Gasteiger partial charge in [0.15, 0.2) is 0 Å². The summed E-state index contributed by atoms with van der Waals surface area (Å²) in [4.78, 5) is 21.2. The number of benzene rings is 1. The smallest absolute Gasteiger partial charge is 0.222 e. The second-order valence-electron chi connectivity index (χ2n) is 6.92. The first-order valence-corrected chi connectivity index (χ1v) is 9.23. The Morgan fingerprint density at radius 3 is 1.75 bits per heavy atom. The number of nitrogens with zero attached hydrogens (tertiary/aromatic N) is 4. The molecular formula is C19H30N4O. The number of hydrogen-bond acceptors (Lipinski definition) is 4. The van der Waals surface area contributed by atoms with E-state index in [-0.39, 0.29) is 0 Å². The normalized spacial score (nSPS) is 19.7. The Hall–Kier alpha value is -1.75. The highest BCUT2D eigenvalue weighted by atomic mass is 16.2. The van der Waals surface area contributed by atoms with Crippen LogP contribution in [0.5, 0.6) is 0 Å². The van der Waals surface area contributed by atoms with Crippen molar-refractivity contribution in [3.63, 3.8) is 0 Å². The standard InChI is InChI=1S/C19H30N4O/c1-3-4-19(24)23-15-13-22(14-16-23)18-7-5-17(6-8-18)21-11-9-20(2)10-12-21/h5-8H,3-4,9-16H2,1-2H3. The first-order chi connectivity index (χ1) is 11.7. The van der Waals surface area contributed by atoms with Gasteiger partial charge < -0.3 is 19.6 Å². The first-order valence-electron chi connectivity index (χ1n) is 9.23. The van der Waals surface area contributed by atoms with Gasteiger partial charge in [0.25, 0.3) is 0 Å². The van der Waals surface area contributed by atoms with Crippen molar-refractivity contribution in [2.75, 3.05) is 69.2 Å². The van der Waals surface area contributed by atoms with E-state index in [0.29, 0.717) is 12.3 Å². The van der Waals surface area contributed by atoms with E-state index in [1.807, 2.05) is 4.90 Å². The predicted molar refractivity (Wildman–Crippen MR) is 99.9 cm³/mol. The molecule has 1 aromatic carbocycles. The number of likely N-dealkylation sites (N-methyl/N-ethyl adjacent to an activating group) is 1. The van der Waals surface area contributed by atoms with Gasteiger partial charge in [0, 0.05) is 70.2 Å². The Morgan fingerprint density at radius 1 is 0.833 bits per heavy atom. The Morgan fingerprint density at radius 2 is 1.29 bits per heavy atom. The van der Waals surface area contributed by atoms with Crippen LogP contribution in [0.2, 0.25) is 0 Å². The zero-order valence-corrected chi connectivity index (χ0v) is 15.1. The van der Waals surface area contributed by atoms with E-state index in [9.17, 15) is 4.79 Å². The lowest BCUT2D eigenvalue weighted by Gasteiger charge is -2.37. The minimum absolute atomic E-state index is 0.308. The molecule has 0 radical (unpaired) electrons. The molecule has 132 valence electrons. The molecule has 0 saturated carbocycles. The predicted octanol–water partition coefficient (Wildman–Crippen LogP) is 1.89. The van der Waals surface area contributed by atoms with Crippen molar-refractivity contribution < 1.29 is 4.79 Å². The molecule has 0 bridgehead atoms. The molecule has 2 fully saturated rings. The topological polar surface area (TPSA) is 30.0 Å².